The molecule has 2 rings (SSSR count). The van der Waals surface area contributed by atoms with E-state index in [1.54, 1.807) is 11.3 Å². The van der Waals surface area contributed by atoms with Gasteiger partial charge in [0.2, 0.25) is 0 Å². The van der Waals surface area contributed by atoms with E-state index in [1.165, 1.54) is 0 Å². The maximum absolute atomic E-state index is 10.0. The first-order valence-corrected chi connectivity index (χ1v) is 6.92. The fourth-order valence-corrected chi connectivity index (χ4v) is 3.15. The van der Waals surface area contributed by atoms with Crippen LogP contribution in [-0.2, 0) is 4.74 Å². The second kappa shape index (κ2) is 5.43. The SMILES string of the molecule is OC(CC1CCOCC1)c1csc(Br)c1. The molecule has 1 aromatic rings. The normalized spacial score (nSPS) is 20.4. The Balaban J connectivity index is 1.88. The Hall–Kier alpha value is 0.100. The van der Waals surface area contributed by atoms with E-state index in [9.17, 15) is 5.11 Å². The first-order chi connectivity index (χ1) is 7.25. The van der Waals surface area contributed by atoms with Crippen LogP contribution in [0.15, 0.2) is 15.2 Å². The van der Waals surface area contributed by atoms with E-state index in [4.69, 9.17) is 4.74 Å². The van der Waals surface area contributed by atoms with Crippen molar-refractivity contribution in [3.05, 3.63) is 20.8 Å². The monoisotopic (exact) mass is 290 g/mol. The van der Waals surface area contributed by atoms with Gasteiger partial charge in [0.05, 0.1) is 9.89 Å². The highest BCUT2D eigenvalue weighted by molar-refractivity contribution is 9.11. The fraction of sp³-hybridized carbons (Fsp3) is 0.636. The van der Waals surface area contributed by atoms with Crippen LogP contribution < -0.4 is 0 Å². The molecular weight excluding hydrogens is 276 g/mol. The van der Waals surface area contributed by atoms with Crippen molar-refractivity contribution in [3.8, 4) is 0 Å². The molecule has 2 nitrogen and oxygen atoms in total. The lowest BCUT2D eigenvalue weighted by Gasteiger charge is -2.23. The molecule has 0 radical (unpaired) electrons. The van der Waals surface area contributed by atoms with Crippen molar-refractivity contribution in [1.29, 1.82) is 0 Å². The summed E-state index contributed by atoms with van der Waals surface area (Å²) in [5, 5.41) is 12.1. The first kappa shape index (κ1) is 11.6. The van der Waals surface area contributed by atoms with Crippen molar-refractivity contribution in [2.24, 2.45) is 5.92 Å². The molecule has 0 aromatic carbocycles. The largest absolute Gasteiger partial charge is 0.388 e. The molecule has 1 fully saturated rings. The zero-order chi connectivity index (χ0) is 10.7. The first-order valence-electron chi connectivity index (χ1n) is 5.25. The second-order valence-corrected chi connectivity index (χ2v) is 6.28. The molecule has 1 aliphatic rings. The average Bonchev–Trinajstić information content (AvgIpc) is 2.66. The predicted molar refractivity (Wildman–Crippen MR) is 65.1 cm³/mol. The van der Waals surface area contributed by atoms with Crippen molar-refractivity contribution in [2.75, 3.05) is 13.2 Å². The summed E-state index contributed by atoms with van der Waals surface area (Å²) in [4.78, 5) is 0. The standard InChI is InChI=1S/C11H15BrO2S/c12-11-6-9(7-15-11)10(13)5-8-1-3-14-4-2-8/h6-8,10,13H,1-5H2. The molecule has 84 valence electrons. The van der Waals surface area contributed by atoms with Crippen LogP contribution in [0.3, 0.4) is 0 Å². The van der Waals surface area contributed by atoms with Crippen LogP contribution in [0.5, 0.6) is 0 Å². The van der Waals surface area contributed by atoms with Crippen LogP contribution in [0.4, 0.5) is 0 Å². The van der Waals surface area contributed by atoms with Gasteiger partial charge in [0, 0.05) is 13.2 Å². The van der Waals surface area contributed by atoms with Gasteiger partial charge in [-0.05, 0) is 58.1 Å². The molecule has 0 saturated carbocycles. The van der Waals surface area contributed by atoms with E-state index in [2.05, 4.69) is 15.9 Å². The van der Waals surface area contributed by atoms with Gasteiger partial charge >= 0.3 is 0 Å². The Kier molecular flexibility index (Phi) is 4.20. The van der Waals surface area contributed by atoms with Gasteiger partial charge in [-0.2, -0.15) is 0 Å². The minimum Gasteiger partial charge on any atom is -0.388 e. The lowest BCUT2D eigenvalue weighted by Crippen LogP contribution is -2.17. The van der Waals surface area contributed by atoms with Crippen LogP contribution in [0.25, 0.3) is 0 Å². The Labute approximate surface area is 102 Å². The number of aliphatic hydroxyl groups excluding tert-OH is 1. The zero-order valence-corrected chi connectivity index (χ0v) is 10.9. The minimum absolute atomic E-state index is 0.310. The summed E-state index contributed by atoms with van der Waals surface area (Å²) in [6.45, 7) is 1.70. The van der Waals surface area contributed by atoms with E-state index in [0.29, 0.717) is 5.92 Å². The van der Waals surface area contributed by atoms with Gasteiger partial charge in [0.1, 0.15) is 0 Å². The van der Waals surface area contributed by atoms with Crippen molar-refractivity contribution in [3.63, 3.8) is 0 Å². The lowest BCUT2D eigenvalue weighted by molar-refractivity contribution is 0.0436. The molecule has 4 heteroatoms. The van der Waals surface area contributed by atoms with Gasteiger partial charge in [-0.1, -0.05) is 0 Å². The van der Waals surface area contributed by atoms with E-state index in [1.807, 2.05) is 11.4 Å². The molecule has 0 aliphatic carbocycles. The lowest BCUT2D eigenvalue weighted by atomic mass is 9.92. The third-order valence-electron chi connectivity index (χ3n) is 2.87. The highest BCUT2D eigenvalue weighted by atomic mass is 79.9. The number of thiophene rings is 1. The van der Waals surface area contributed by atoms with Crippen LogP contribution in [0.2, 0.25) is 0 Å². The fourth-order valence-electron chi connectivity index (χ4n) is 1.93. The molecular formula is C11H15BrO2S. The van der Waals surface area contributed by atoms with Gasteiger partial charge < -0.3 is 9.84 Å². The van der Waals surface area contributed by atoms with Crippen LogP contribution >= 0.6 is 27.3 Å². The van der Waals surface area contributed by atoms with E-state index in [0.717, 1.165) is 41.8 Å². The number of hydrogen-bond acceptors (Lipinski definition) is 3. The quantitative estimate of drug-likeness (QED) is 0.925. The molecule has 0 spiro atoms. The summed E-state index contributed by atoms with van der Waals surface area (Å²) in [5.41, 5.74) is 1.04. The van der Waals surface area contributed by atoms with Gasteiger partial charge in [-0.25, -0.2) is 0 Å². The minimum atomic E-state index is -0.310. The number of ether oxygens (including phenoxy) is 1. The zero-order valence-electron chi connectivity index (χ0n) is 8.49. The van der Waals surface area contributed by atoms with Crippen molar-refractivity contribution < 1.29 is 9.84 Å². The second-order valence-electron chi connectivity index (χ2n) is 3.99. The van der Waals surface area contributed by atoms with Gasteiger partial charge in [-0.15, -0.1) is 11.3 Å². The Morgan fingerprint density at radius 1 is 1.53 bits per heavy atom. The molecule has 15 heavy (non-hydrogen) atoms. The van der Waals surface area contributed by atoms with Gasteiger partial charge in [0.15, 0.2) is 0 Å². The predicted octanol–water partition coefficient (Wildman–Crippen LogP) is 3.36. The summed E-state index contributed by atoms with van der Waals surface area (Å²) < 4.78 is 6.39. The van der Waals surface area contributed by atoms with Gasteiger partial charge in [0.25, 0.3) is 0 Å². The molecule has 1 saturated heterocycles. The van der Waals surface area contributed by atoms with Gasteiger partial charge in [-0.3, -0.25) is 0 Å². The molecule has 1 unspecified atom stereocenters. The summed E-state index contributed by atoms with van der Waals surface area (Å²) in [5.74, 6) is 0.618. The summed E-state index contributed by atoms with van der Waals surface area (Å²) in [6, 6.07) is 2.01. The number of aliphatic hydroxyl groups is 1. The smallest absolute Gasteiger partial charge is 0.0801 e. The summed E-state index contributed by atoms with van der Waals surface area (Å²) >= 11 is 5.04. The van der Waals surface area contributed by atoms with Crippen LogP contribution in [-0.4, -0.2) is 18.3 Å². The summed E-state index contributed by atoms with van der Waals surface area (Å²) in [6.07, 6.45) is 2.73. The maximum Gasteiger partial charge on any atom is 0.0801 e. The number of hydrogen-bond donors (Lipinski definition) is 1. The highest BCUT2D eigenvalue weighted by Crippen LogP contribution is 2.31. The number of rotatable bonds is 3. The molecule has 2 heterocycles. The third kappa shape index (κ3) is 3.28. The topological polar surface area (TPSA) is 29.5 Å². The van der Waals surface area contributed by atoms with E-state index < -0.39 is 0 Å². The van der Waals surface area contributed by atoms with Crippen molar-refractivity contribution in [2.45, 2.75) is 25.4 Å². The molecule has 0 amide bonds. The summed E-state index contributed by atoms with van der Waals surface area (Å²) in [7, 11) is 0. The molecule has 1 atom stereocenters. The molecule has 1 aliphatic heterocycles. The molecule has 0 bridgehead atoms. The Bertz CT molecular complexity index is 307. The van der Waals surface area contributed by atoms with Crippen molar-refractivity contribution >= 4 is 27.3 Å². The molecule has 1 aromatic heterocycles. The highest BCUT2D eigenvalue weighted by Gasteiger charge is 2.19. The Morgan fingerprint density at radius 3 is 2.87 bits per heavy atom. The van der Waals surface area contributed by atoms with Crippen molar-refractivity contribution in [1.82, 2.24) is 0 Å². The maximum atomic E-state index is 10.0. The van der Waals surface area contributed by atoms with Crippen LogP contribution in [0.1, 0.15) is 30.9 Å². The van der Waals surface area contributed by atoms with E-state index in [-0.39, 0.29) is 6.10 Å². The van der Waals surface area contributed by atoms with E-state index >= 15 is 0 Å². The average molecular weight is 291 g/mol. The molecule has 1 N–H and O–H groups in total. The number of halogens is 1. The van der Waals surface area contributed by atoms with Crippen LogP contribution in [0, 0.1) is 5.92 Å². The third-order valence-corrected chi connectivity index (χ3v) is 4.39. The Morgan fingerprint density at radius 2 is 2.27 bits per heavy atom.